The molecule has 2 aliphatic heterocycles. The predicted molar refractivity (Wildman–Crippen MR) is 78.9 cm³/mol. The maximum absolute atomic E-state index is 12.6. The van der Waals surface area contributed by atoms with Crippen molar-refractivity contribution in [1.82, 2.24) is 10.2 Å². The molecule has 1 N–H and O–H groups in total. The maximum atomic E-state index is 12.6. The molecule has 2 saturated heterocycles. The number of rotatable bonds is 1. The third kappa shape index (κ3) is 3.50. The van der Waals surface area contributed by atoms with E-state index in [1.807, 2.05) is 0 Å². The summed E-state index contributed by atoms with van der Waals surface area (Å²) in [6.45, 7) is 12.1. The van der Waals surface area contributed by atoms with E-state index in [9.17, 15) is 4.79 Å². The molecule has 19 heavy (non-hydrogen) atoms. The van der Waals surface area contributed by atoms with Gasteiger partial charge < -0.3 is 10.2 Å². The molecule has 2 unspecified atom stereocenters. The van der Waals surface area contributed by atoms with E-state index in [0.29, 0.717) is 17.4 Å². The van der Waals surface area contributed by atoms with Gasteiger partial charge in [0.2, 0.25) is 5.91 Å². The van der Waals surface area contributed by atoms with Gasteiger partial charge in [-0.3, -0.25) is 4.79 Å². The standard InChI is InChI=1S/C16H30N2O/c1-12-14(6-5-9-17-12)15(19)18-10-7-13(8-11-18)16(2,3)4/h12-14,17H,5-11H2,1-4H3. The maximum Gasteiger partial charge on any atom is 0.227 e. The molecular weight excluding hydrogens is 236 g/mol. The van der Waals surface area contributed by atoms with Crippen LogP contribution < -0.4 is 5.32 Å². The van der Waals surface area contributed by atoms with Crippen LogP contribution in [0.2, 0.25) is 0 Å². The topological polar surface area (TPSA) is 32.3 Å². The lowest BCUT2D eigenvalue weighted by Gasteiger charge is -2.41. The van der Waals surface area contributed by atoms with E-state index in [0.717, 1.165) is 38.4 Å². The molecule has 3 heteroatoms. The molecular formula is C16H30N2O. The molecule has 0 aromatic carbocycles. The fourth-order valence-electron chi connectivity index (χ4n) is 3.58. The van der Waals surface area contributed by atoms with Gasteiger partial charge in [-0.1, -0.05) is 20.8 Å². The summed E-state index contributed by atoms with van der Waals surface area (Å²) in [4.78, 5) is 14.7. The number of amides is 1. The molecule has 2 fully saturated rings. The Bertz CT molecular complexity index is 313. The summed E-state index contributed by atoms with van der Waals surface area (Å²) in [7, 11) is 0. The first kappa shape index (κ1) is 14.8. The van der Waals surface area contributed by atoms with Gasteiger partial charge in [-0.25, -0.2) is 0 Å². The minimum atomic E-state index is 0.208. The number of nitrogens with one attached hydrogen (secondary N) is 1. The minimum Gasteiger partial charge on any atom is -0.342 e. The van der Waals surface area contributed by atoms with E-state index in [1.54, 1.807) is 0 Å². The van der Waals surface area contributed by atoms with E-state index < -0.39 is 0 Å². The average Bonchev–Trinajstić information content (AvgIpc) is 2.38. The molecule has 0 saturated carbocycles. The van der Waals surface area contributed by atoms with Gasteiger partial charge in [-0.05, 0) is 50.5 Å². The second-order valence-electron chi connectivity index (χ2n) is 7.46. The van der Waals surface area contributed by atoms with Gasteiger partial charge in [0.05, 0.1) is 5.92 Å². The highest BCUT2D eigenvalue weighted by molar-refractivity contribution is 5.79. The number of hydrogen-bond donors (Lipinski definition) is 1. The quantitative estimate of drug-likeness (QED) is 0.791. The van der Waals surface area contributed by atoms with Gasteiger partial charge in [0.15, 0.2) is 0 Å². The van der Waals surface area contributed by atoms with Crippen LogP contribution in [0.5, 0.6) is 0 Å². The van der Waals surface area contributed by atoms with Crippen molar-refractivity contribution in [3.63, 3.8) is 0 Å². The van der Waals surface area contributed by atoms with Crippen molar-refractivity contribution in [3.8, 4) is 0 Å². The summed E-state index contributed by atoms with van der Waals surface area (Å²) in [6, 6.07) is 0.349. The summed E-state index contributed by atoms with van der Waals surface area (Å²) in [5.41, 5.74) is 0.384. The Morgan fingerprint density at radius 3 is 2.32 bits per heavy atom. The Balaban J connectivity index is 1.88. The van der Waals surface area contributed by atoms with Gasteiger partial charge in [-0.2, -0.15) is 0 Å². The highest BCUT2D eigenvalue weighted by Gasteiger charge is 2.35. The minimum absolute atomic E-state index is 0.208. The molecule has 2 rings (SSSR count). The van der Waals surface area contributed by atoms with Crippen molar-refractivity contribution in [3.05, 3.63) is 0 Å². The molecule has 0 aliphatic carbocycles. The number of likely N-dealkylation sites (tertiary alicyclic amines) is 1. The first-order chi connectivity index (χ1) is 8.89. The van der Waals surface area contributed by atoms with Crippen molar-refractivity contribution < 1.29 is 4.79 Å². The molecule has 0 aromatic heterocycles. The number of piperidine rings is 2. The van der Waals surface area contributed by atoms with E-state index in [1.165, 1.54) is 12.8 Å². The molecule has 0 spiro atoms. The van der Waals surface area contributed by atoms with Crippen molar-refractivity contribution >= 4 is 5.91 Å². The summed E-state index contributed by atoms with van der Waals surface area (Å²) in [6.07, 6.45) is 4.54. The lowest BCUT2D eigenvalue weighted by atomic mass is 9.75. The van der Waals surface area contributed by atoms with Gasteiger partial charge in [0.25, 0.3) is 0 Å². The average molecular weight is 266 g/mol. The van der Waals surface area contributed by atoms with Gasteiger partial charge in [0.1, 0.15) is 0 Å². The molecule has 0 bridgehead atoms. The van der Waals surface area contributed by atoms with Crippen LogP contribution in [0, 0.1) is 17.3 Å². The fourth-order valence-corrected chi connectivity index (χ4v) is 3.58. The monoisotopic (exact) mass is 266 g/mol. The Morgan fingerprint density at radius 1 is 1.16 bits per heavy atom. The van der Waals surface area contributed by atoms with Crippen LogP contribution >= 0.6 is 0 Å². The third-order valence-electron chi connectivity index (χ3n) is 5.11. The summed E-state index contributed by atoms with van der Waals surface area (Å²) in [5, 5.41) is 3.44. The predicted octanol–water partition coefficient (Wildman–Crippen LogP) is 2.66. The molecule has 0 aromatic rings. The lowest BCUT2D eigenvalue weighted by Crippen LogP contribution is -2.50. The first-order valence-corrected chi connectivity index (χ1v) is 7.92. The molecule has 1 amide bonds. The number of nitrogens with zero attached hydrogens (tertiary/aromatic N) is 1. The first-order valence-electron chi connectivity index (χ1n) is 7.92. The van der Waals surface area contributed by atoms with Gasteiger partial charge in [-0.15, -0.1) is 0 Å². The summed E-state index contributed by atoms with van der Waals surface area (Å²) >= 11 is 0. The van der Waals surface area contributed by atoms with Crippen LogP contribution in [0.1, 0.15) is 53.4 Å². The zero-order valence-corrected chi connectivity index (χ0v) is 13.0. The van der Waals surface area contributed by atoms with Crippen molar-refractivity contribution in [2.24, 2.45) is 17.3 Å². The van der Waals surface area contributed by atoms with Crippen LogP contribution in [-0.2, 0) is 4.79 Å². The van der Waals surface area contributed by atoms with Crippen molar-refractivity contribution in [2.75, 3.05) is 19.6 Å². The van der Waals surface area contributed by atoms with Crippen LogP contribution in [0.3, 0.4) is 0 Å². The smallest absolute Gasteiger partial charge is 0.227 e. The third-order valence-corrected chi connectivity index (χ3v) is 5.11. The van der Waals surface area contributed by atoms with Crippen LogP contribution in [0.15, 0.2) is 0 Å². The van der Waals surface area contributed by atoms with E-state index in [4.69, 9.17) is 0 Å². The molecule has 2 aliphatic rings. The SMILES string of the molecule is CC1NCCCC1C(=O)N1CCC(C(C)(C)C)CC1. The van der Waals surface area contributed by atoms with Crippen LogP contribution in [0.25, 0.3) is 0 Å². The largest absolute Gasteiger partial charge is 0.342 e. The number of carbonyl (C=O) groups excluding carboxylic acids is 1. The number of hydrogen-bond acceptors (Lipinski definition) is 2. The molecule has 2 heterocycles. The lowest BCUT2D eigenvalue weighted by molar-refractivity contribution is -0.139. The zero-order chi connectivity index (χ0) is 14.0. The number of carbonyl (C=O) groups is 1. The van der Waals surface area contributed by atoms with Crippen LogP contribution in [-0.4, -0.2) is 36.5 Å². The highest BCUT2D eigenvalue weighted by Crippen LogP contribution is 2.35. The summed E-state index contributed by atoms with van der Waals surface area (Å²) < 4.78 is 0. The van der Waals surface area contributed by atoms with Gasteiger partial charge >= 0.3 is 0 Å². The molecule has 3 nitrogen and oxygen atoms in total. The van der Waals surface area contributed by atoms with Crippen molar-refractivity contribution in [2.45, 2.75) is 59.4 Å². The van der Waals surface area contributed by atoms with Crippen molar-refractivity contribution in [1.29, 1.82) is 0 Å². The Morgan fingerprint density at radius 2 is 1.79 bits per heavy atom. The molecule has 2 atom stereocenters. The normalized spacial score (nSPS) is 30.4. The fraction of sp³-hybridized carbons (Fsp3) is 0.938. The second kappa shape index (κ2) is 5.82. The van der Waals surface area contributed by atoms with E-state index in [2.05, 4.69) is 37.9 Å². The van der Waals surface area contributed by atoms with Crippen LogP contribution in [0.4, 0.5) is 0 Å². The summed E-state index contributed by atoms with van der Waals surface area (Å²) in [5.74, 6) is 1.37. The Labute approximate surface area is 118 Å². The Kier molecular flexibility index (Phi) is 4.54. The Hall–Kier alpha value is -0.570. The zero-order valence-electron chi connectivity index (χ0n) is 13.0. The van der Waals surface area contributed by atoms with E-state index >= 15 is 0 Å². The molecule has 110 valence electrons. The highest BCUT2D eigenvalue weighted by atomic mass is 16.2. The van der Waals surface area contributed by atoms with Gasteiger partial charge in [0, 0.05) is 19.1 Å². The molecule has 0 radical (unpaired) electrons. The second-order valence-corrected chi connectivity index (χ2v) is 7.46. The van der Waals surface area contributed by atoms with E-state index in [-0.39, 0.29) is 5.92 Å².